The third kappa shape index (κ3) is 26.4. The summed E-state index contributed by atoms with van der Waals surface area (Å²) in [5.41, 5.74) is 0. The number of urea groups is 1. The van der Waals surface area contributed by atoms with Crippen molar-refractivity contribution in [3.05, 3.63) is 0 Å². The topological polar surface area (TPSA) is 248 Å². The molecule has 0 radical (unpaired) electrons. The SMILES string of the molecule is CO[C@H](C)CCOC[C@H](COP(=O)(O)OCCNC(=O)NCCOP(=O)(O)OC[C@@H](COCC[C@@H](C)OC)NC(C)=O)NC(C)=O. The second-order valence-electron chi connectivity index (χ2n) is 9.99. The lowest BCUT2D eigenvalue weighted by molar-refractivity contribution is -0.121. The summed E-state index contributed by atoms with van der Waals surface area (Å²) < 4.78 is 65.0. The molecular weight excluding hydrogens is 658 g/mol. The maximum Gasteiger partial charge on any atom is 0.472 e. The van der Waals surface area contributed by atoms with Crippen molar-refractivity contribution < 1.29 is 70.3 Å². The first-order valence-electron chi connectivity index (χ1n) is 14.6. The van der Waals surface area contributed by atoms with Gasteiger partial charge in [-0.15, -0.1) is 0 Å². The molecule has 0 rings (SSSR count). The molecule has 0 bridgehead atoms. The van der Waals surface area contributed by atoms with Crippen LogP contribution < -0.4 is 21.3 Å². The Kier molecular flexibility index (Phi) is 24.4. The van der Waals surface area contributed by atoms with Gasteiger partial charge in [-0.1, -0.05) is 0 Å². The highest BCUT2D eigenvalue weighted by molar-refractivity contribution is 7.47. The summed E-state index contributed by atoms with van der Waals surface area (Å²) in [4.78, 5) is 54.6. The van der Waals surface area contributed by atoms with Crippen LogP contribution in [0, 0.1) is 0 Å². The summed E-state index contributed by atoms with van der Waals surface area (Å²) in [6.07, 6.45) is 1.20. The minimum Gasteiger partial charge on any atom is -0.382 e. The van der Waals surface area contributed by atoms with Crippen LogP contribution in [-0.2, 0) is 55.8 Å². The Bertz CT molecular complexity index is 892. The molecule has 21 heteroatoms. The molecule has 0 heterocycles. The van der Waals surface area contributed by atoms with Crippen molar-refractivity contribution >= 4 is 33.5 Å². The standard InChI is InChI=1S/C25H52N4O15P2/c1-19(37-5)7-11-39-15-23(28-21(3)30)17-43-45(33,34)41-13-9-26-25(32)27-10-14-42-46(35,36)44-18-24(29-22(4)31)16-40-12-8-20(2)38-6/h19-20,23-24H,7-18H2,1-6H3,(H,28,30)(H,29,31)(H,33,34)(H,35,36)(H2,26,27,32)/t19-,20-,23-,24-/m1/s1. The average Bonchev–Trinajstić information content (AvgIpc) is 2.98. The fourth-order valence-electron chi connectivity index (χ4n) is 3.18. The van der Waals surface area contributed by atoms with Crippen LogP contribution in [0.5, 0.6) is 0 Å². The summed E-state index contributed by atoms with van der Waals surface area (Å²) in [6, 6.07) is -2.14. The summed E-state index contributed by atoms with van der Waals surface area (Å²) in [7, 11) is -5.89. The third-order valence-electron chi connectivity index (χ3n) is 5.76. The van der Waals surface area contributed by atoms with Crippen molar-refractivity contribution in [3.63, 3.8) is 0 Å². The lowest BCUT2D eigenvalue weighted by atomic mass is 10.3. The number of ether oxygens (including phenoxy) is 4. The van der Waals surface area contributed by atoms with Crippen molar-refractivity contribution in [2.45, 2.75) is 64.8 Å². The first-order chi connectivity index (χ1) is 21.6. The number of amides is 4. The Balaban J connectivity index is 4.30. The van der Waals surface area contributed by atoms with E-state index in [1.807, 2.05) is 13.8 Å². The summed E-state index contributed by atoms with van der Waals surface area (Å²) in [6.45, 7) is 5.17. The van der Waals surface area contributed by atoms with Gasteiger partial charge in [0.1, 0.15) is 0 Å². The van der Waals surface area contributed by atoms with E-state index in [0.29, 0.717) is 26.1 Å². The van der Waals surface area contributed by atoms with Crippen LogP contribution in [0.25, 0.3) is 0 Å². The lowest BCUT2D eigenvalue weighted by Crippen LogP contribution is -2.40. The number of carbonyl (C=O) groups is 3. The van der Waals surface area contributed by atoms with Crippen molar-refractivity contribution in [3.8, 4) is 0 Å². The summed E-state index contributed by atoms with van der Waals surface area (Å²) in [5, 5.41) is 9.82. The Morgan fingerprint density at radius 2 is 1.00 bits per heavy atom. The van der Waals surface area contributed by atoms with E-state index < -0.39 is 47.0 Å². The number of phosphoric acid groups is 2. The van der Waals surface area contributed by atoms with E-state index in [0.717, 1.165) is 0 Å². The van der Waals surface area contributed by atoms with Gasteiger partial charge in [-0.05, 0) is 26.7 Å². The van der Waals surface area contributed by atoms with Gasteiger partial charge in [0.05, 0.1) is 63.9 Å². The maximum atomic E-state index is 12.2. The number of nitrogens with one attached hydrogen (secondary N) is 4. The van der Waals surface area contributed by atoms with Gasteiger partial charge in [-0.2, -0.15) is 0 Å². The number of rotatable bonds is 28. The van der Waals surface area contributed by atoms with E-state index >= 15 is 0 Å². The largest absolute Gasteiger partial charge is 0.472 e. The van der Waals surface area contributed by atoms with Crippen LogP contribution in [0.3, 0.4) is 0 Å². The normalized spacial score (nSPS) is 16.7. The molecule has 6 N–H and O–H groups in total. The molecule has 0 fully saturated rings. The zero-order valence-corrected chi connectivity index (χ0v) is 29.2. The van der Waals surface area contributed by atoms with Crippen LogP contribution in [0.15, 0.2) is 0 Å². The zero-order chi connectivity index (χ0) is 35.0. The minimum absolute atomic E-state index is 0.0158. The second kappa shape index (κ2) is 25.3. The van der Waals surface area contributed by atoms with Crippen LogP contribution in [0.2, 0.25) is 0 Å². The summed E-state index contributed by atoms with van der Waals surface area (Å²) >= 11 is 0. The molecule has 6 atom stereocenters. The molecule has 19 nitrogen and oxygen atoms in total. The monoisotopic (exact) mass is 710 g/mol. The molecule has 0 spiro atoms. The molecule has 0 aromatic heterocycles. The highest BCUT2D eigenvalue weighted by atomic mass is 31.2. The maximum absolute atomic E-state index is 12.2. The van der Waals surface area contributed by atoms with Gasteiger partial charge in [0.2, 0.25) is 11.8 Å². The van der Waals surface area contributed by atoms with Crippen molar-refractivity contribution in [1.29, 1.82) is 0 Å². The van der Waals surface area contributed by atoms with Gasteiger partial charge in [0.15, 0.2) is 0 Å². The van der Waals surface area contributed by atoms with Crippen molar-refractivity contribution in [2.75, 3.05) is 80.2 Å². The van der Waals surface area contributed by atoms with Gasteiger partial charge in [-0.3, -0.25) is 27.7 Å². The van der Waals surface area contributed by atoms with Gasteiger partial charge in [0.25, 0.3) is 0 Å². The highest BCUT2D eigenvalue weighted by Gasteiger charge is 2.25. The minimum atomic E-state index is -4.52. The number of carbonyl (C=O) groups excluding carboxylic acids is 3. The molecule has 0 aliphatic heterocycles. The predicted molar refractivity (Wildman–Crippen MR) is 164 cm³/mol. The summed E-state index contributed by atoms with van der Waals surface area (Å²) in [5.74, 6) is -0.766. The van der Waals surface area contributed by atoms with E-state index in [4.69, 9.17) is 37.0 Å². The molecule has 0 saturated carbocycles. The van der Waals surface area contributed by atoms with Crippen molar-refractivity contribution in [1.82, 2.24) is 21.3 Å². The lowest BCUT2D eigenvalue weighted by Gasteiger charge is -2.20. The fourth-order valence-corrected chi connectivity index (χ4v) is 4.71. The third-order valence-corrected chi connectivity index (χ3v) is 7.73. The van der Waals surface area contributed by atoms with Crippen LogP contribution in [0.1, 0.15) is 40.5 Å². The van der Waals surface area contributed by atoms with E-state index in [9.17, 15) is 33.3 Å². The van der Waals surface area contributed by atoms with Gasteiger partial charge in [-0.25, -0.2) is 13.9 Å². The molecule has 0 aromatic carbocycles. The quantitative estimate of drug-likeness (QED) is 0.0477. The van der Waals surface area contributed by atoms with E-state index in [-0.39, 0.29) is 63.5 Å². The van der Waals surface area contributed by atoms with E-state index in [1.165, 1.54) is 13.8 Å². The van der Waals surface area contributed by atoms with Crippen LogP contribution >= 0.6 is 15.6 Å². The number of hydrogen-bond donors (Lipinski definition) is 6. The number of phosphoric ester groups is 2. The Morgan fingerprint density at radius 3 is 1.33 bits per heavy atom. The first-order valence-corrected chi connectivity index (χ1v) is 17.6. The molecule has 4 amide bonds. The van der Waals surface area contributed by atoms with E-state index in [1.54, 1.807) is 14.2 Å². The number of hydrogen-bond acceptors (Lipinski definition) is 13. The molecule has 0 aliphatic rings. The van der Waals surface area contributed by atoms with Gasteiger partial charge >= 0.3 is 21.7 Å². The molecule has 46 heavy (non-hydrogen) atoms. The Morgan fingerprint density at radius 1 is 0.630 bits per heavy atom. The molecule has 0 aliphatic carbocycles. The van der Waals surface area contributed by atoms with Crippen molar-refractivity contribution in [2.24, 2.45) is 0 Å². The van der Waals surface area contributed by atoms with Gasteiger partial charge in [0, 0.05) is 54.4 Å². The average molecular weight is 711 g/mol. The Hall–Kier alpha value is -1.73. The van der Waals surface area contributed by atoms with Crippen LogP contribution in [-0.4, -0.2) is 132 Å². The molecule has 0 saturated heterocycles. The number of methoxy groups -OCH3 is 2. The smallest absolute Gasteiger partial charge is 0.382 e. The molecule has 0 aromatic rings. The molecule has 272 valence electrons. The highest BCUT2D eigenvalue weighted by Crippen LogP contribution is 2.43. The predicted octanol–water partition coefficient (Wildman–Crippen LogP) is 0.445. The zero-order valence-electron chi connectivity index (χ0n) is 27.4. The Labute approximate surface area is 270 Å². The molecule has 2 unspecified atom stereocenters. The first kappa shape index (κ1) is 44.3. The second-order valence-corrected chi connectivity index (χ2v) is 12.9. The fraction of sp³-hybridized carbons (Fsp3) is 0.880. The van der Waals surface area contributed by atoms with Crippen LogP contribution in [0.4, 0.5) is 4.79 Å². The van der Waals surface area contributed by atoms with E-state index in [2.05, 4.69) is 21.3 Å². The molecular formula is C25H52N4O15P2. The van der Waals surface area contributed by atoms with Gasteiger partial charge < -0.3 is 50.0 Å².